The number of carbonyl (C=O) groups excluding carboxylic acids is 1. The number of nitrogens with zero attached hydrogens (tertiary/aromatic N) is 2. The van der Waals surface area contributed by atoms with Crippen molar-refractivity contribution < 1.29 is 9.53 Å². The van der Waals surface area contributed by atoms with Gasteiger partial charge in [-0.2, -0.15) is 10.1 Å². The first kappa shape index (κ1) is 20.5. The van der Waals surface area contributed by atoms with Crippen LogP contribution in [0.2, 0.25) is 0 Å². The number of amides is 1. The third-order valence-corrected chi connectivity index (χ3v) is 5.50. The number of benzene rings is 4. The number of para-hydroxylation sites is 1. The van der Waals surface area contributed by atoms with Gasteiger partial charge in [0.25, 0.3) is 5.91 Å². The van der Waals surface area contributed by atoms with Crippen LogP contribution in [0.5, 0.6) is 5.75 Å². The molecule has 0 aliphatic carbocycles. The Morgan fingerprint density at radius 1 is 0.848 bits per heavy atom. The summed E-state index contributed by atoms with van der Waals surface area (Å²) in [4.78, 5) is 13.6. The summed E-state index contributed by atoms with van der Waals surface area (Å²) in [5.74, 6) is 0.516. The lowest BCUT2D eigenvalue weighted by Gasteiger charge is -2.13. The highest BCUT2D eigenvalue weighted by atomic mass is 16.5. The van der Waals surface area contributed by atoms with Crippen LogP contribution in [0.25, 0.3) is 16.8 Å². The van der Waals surface area contributed by atoms with E-state index in [0.29, 0.717) is 23.6 Å². The Bertz CT molecular complexity index is 1390. The minimum absolute atomic E-state index is 0.178. The van der Waals surface area contributed by atoms with Gasteiger partial charge in [0.15, 0.2) is 0 Å². The van der Waals surface area contributed by atoms with E-state index >= 15 is 0 Å². The molecule has 0 unspecified atom stereocenters. The summed E-state index contributed by atoms with van der Waals surface area (Å²) < 4.78 is 5.96. The molecule has 1 amide bonds. The number of fused-ring (bicyclic) bond motifs is 1. The van der Waals surface area contributed by atoms with Gasteiger partial charge < -0.3 is 4.74 Å². The molecule has 0 N–H and O–H groups in total. The van der Waals surface area contributed by atoms with Gasteiger partial charge in [-0.1, -0.05) is 91.5 Å². The normalized spacial score (nSPS) is 14.5. The van der Waals surface area contributed by atoms with E-state index in [4.69, 9.17) is 9.84 Å². The van der Waals surface area contributed by atoms with Gasteiger partial charge in [0.2, 0.25) is 0 Å². The molecule has 0 spiro atoms. The van der Waals surface area contributed by atoms with Gasteiger partial charge in [-0.3, -0.25) is 4.79 Å². The maximum Gasteiger partial charge on any atom is 0.281 e. The standard InChI is InChI=1S/C29H22N2O2/c1-2-19-33-27-18-17-21-11-9-10-16-24(21)25(27)20-26-28(22-12-5-3-6-13-22)30-31(29(26)32)23-14-7-4-8-15-23/h2-18,20H,1,19H2/b26-20-. The SMILES string of the molecule is C=CCOc1ccc2ccccc2c1/C=C1\C(=O)N(c2ccccc2)N=C1c1ccccc1. The van der Waals surface area contributed by atoms with Crippen molar-refractivity contribution in [2.75, 3.05) is 11.6 Å². The van der Waals surface area contributed by atoms with Crippen LogP contribution in [-0.2, 0) is 4.79 Å². The molecular weight excluding hydrogens is 408 g/mol. The molecule has 0 atom stereocenters. The largest absolute Gasteiger partial charge is 0.489 e. The zero-order valence-electron chi connectivity index (χ0n) is 18.0. The molecule has 0 fully saturated rings. The van der Waals surface area contributed by atoms with Crippen LogP contribution in [0.3, 0.4) is 0 Å². The number of rotatable bonds is 6. The lowest BCUT2D eigenvalue weighted by molar-refractivity contribution is -0.114. The Morgan fingerprint density at radius 2 is 1.55 bits per heavy atom. The summed E-state index contributed by atoms with van der Waals surface area (Å²) in [6.45, 7) is 4.13. The van der Waals surface area contributed by atoms with E-state index in [2.05, 4.69) is 6.58 Å². The smallest absolute Gasteiger partial charge is 0.281 e. The van der Waals surface area contributed by atoms with Crippen LogP contribution >= 0.6 is 0 Å². The Labute approximate surface area is 192 Å². The van der Waals surface area contributed by atoms with Crippen molar-refractivity contribution >= 4 is 34.2 Å². The fourth-order valence-corrected chi connectivity index (χ4v) is 3.94. The second-order valence-corrected chi connectivity index (χ2v) is 7.62. The molecule has 4 nitrogen and oxygen atoms in total. The third-order valence-electron chi connectivity index (χ3n) is 5.50. The first-order valence-electron chi connectivity index (χ1n) is 10.8. The van der Waals surface area contributed by atoms with Crippen molar-refractivity contribution in [2.45, 2.75) is 0 Å². The molecule has 4 aromatic rings. The van der Waals surface area contributed by atoms with Gasteiger partial charge in [-0.15, -0.1) is 0 Å². The number of hydrogen-bond donors (Lipinski definition) is 0. The van der Waals surface area contributed by atoms with Gasteiger partial charge in [-0.05, 0) is 35.0 Å². The lowest BCUT2D eigenvalue weighted by Crippen LogP contribution is -2.21. The lowest BCUT2D eigenvalue weighted by atomic mass is 9.97. The highest BCUT2D eigenvalue weighted by Gasteiger charge is 2.32. The molecule has 33 heavy (non-hydrogen) atoms. The van der Waals surface area contributed by atoms with E-state index < -0.39 is 0 Å². The third kappa shape index (κ3) is 3.94. The molecule has 0 radical (unpaired) electrons. The maximum atomic E-state index is 13.6. The summed E-state index contributed by atoms with van der Waals surface area (Å²) in [7, 11) is 0. The van der Waals surface area contributed by atoms with Crippen molar-refractivity contribution in [3.63, 3.8) is 0 Å². The Morgan fingerprint density at radius 3 is 2.30 bits per heavy atom. The Kier molecular flexibility index (Phi) is 5.56. The number of anilines is 1. The second-order valence-electron chi connectivity index (χ2n) is 7.62. The van der Waals surface area contributed by atoms with Gasteiger partial charge in [-0.25, -0.2) is 0 Å². The molecule has 1 aliphatic rings. The summed E-state index contributed by atoms with van der Waals surface area (Å²) in [6, 6.07) is 31.3. The van der Waals surface area contributed by atoms with Crippen LogP contribution < -0.4 is 9.75 Å². The zero-order valence-corrected chi connectivity index (χ0v) is 18.0. The predicted octanol–water partition coefficient (Wildman–Crippen LogP) is 6.24. The molecule has 0 saturated carbocycles. The van der Waals surface area contributed by atoms with E-state index in [-0.39, 0.29) is 5.91 Å². The molecule has 1 heterocycles. The monoisotopic (exact) mass is 430 g/mol. The van der Waals surface area contributed by atoms with Crippen LogP contribution in [0.1, 0.15) is 11.1 Å². The molecule has 4 heteroatoms. The van der Waals surface area contributed by atoms with Crippen molar-refractivity contribution in [1.82, 2.24) is 0 Å². The fourth-order valence-electron chi connectivity index (χ4n) is 3.94. The average Bonchev–Trinajstić information content (AvgIpc) is 3.20. The minimum Gasteiger partial charge on any atom is -0.489 e. The maximum absolute atomic E-state index is 13.6. The van der Waals surface area contributed by atoms with Crippen molar-refractivity contribution in [3.05, 3.63) is 126 Å². The first-order valence-corrected chi connectivity index (χ1v) is 10.8. The first-order chi connectivity index (χ1) is 16.3. The highest BCUT2D eigenvalue weighted by molar-refractivity contribution is 6.37. The van der Waals surface area contributed by atoms with Crippen LogP contribution in [0, 0.1) is 0 Å². The molecule has 160 valence electrons. The predicted molar refractivity (Wildman–Crippen MR) is 135 cm³/mol. The molecular formula is C29H22N2O2. The average molecular weight is 431 g/mol. The quantitative estimate of drug-likeness (QED) is 0.268. The summed E-state index contributed by atoms with van der Waals surface area (Å²) in [5, 5.41) is 8.27. The molecule has 0 saturated heterocycles. The summed E-state index contributed by atoms with van der Waals surface area (Å²) in [5.41, 5.74) is 3.60. The zero-order chi connectivity index (χ0) is 22.6. The van der Waals surface area contributed by atoms with Crippen LogP contribution in [-0.4, -0.2) is 18.2 Å². The molecule has 4 aromatic carbocycles. The molecule has 0 aromatic heterocycles. The van der Waals surface area contributed by atoms with E-state index in [1.54, 1.807) is 6.08 Å². The van der Waals surface area contributed by atoms with E-state index in [1.807, 2.05) is 103 Å². The second kappa shape index (κ2) is 8.97. The molecule has 0 bridgehead atoms. The van der Waals surface area contributed by atoms with E-state index in [0.717, 1.165) is 27.6 Å². The number of ether oxygens (including phenoxy) is 1. The van der Waals surface area contributed by atoms with E-state index in [1.165, 1.54) is 5.01 Å². The van der Waals surface area contributed by atoms with E-state index in [9.17, 15) is 4.79 Å². The van der Waals surface area contributed by atoms with Crippen molar-refractivity contribution in [3.8, 4) is 5.75 Å². The number of hydrogen-bond acceptors (Lipinski definition) is 3. The number of carbonyl (C=O) groups is 1. The summed E-state index contributed by atoms with van der Waals surface area (Å²) >= 11 is 0. The Balaban J connectivity index is 1.71. The molecule has 1 aliphatic heterocycles. The van der Waals surface area contributed by atoms with Crippen LogP contribution in [0.4, 0.5) is 5.69 Å². The van der Waals surface area contributed by atoms with Gasteiger partial charge in [0.1, 0.15) is 18.1 Å². The fraction of sp³-hybridized carbons (Fsp3) is 0.0345. The minimum atomic E-state index is -0.178. The van der Waals surface area contributed by atoms with Crippen molar-refractivity contribution in [2.24, 2.45) is 5.10 Å². The highest BCUT2D eigenvalue weighted by Crippen LogP contribution is 2.34. The van der Waals surface area contributed by atoms with Gasteiger partial charge in [0, 0.05) is 11.1 Å². The summed E-state index contributed by atoms with van der Waals surface area (Å²) in [6.07, 6.45) is 3.61. The Hall–Kier alpha value is -4.44. The van der Waals surface area contributed by atoms with Gasteiger partial charge in [0.05, 0.1) is 11.3 Å². The molecule has 5 rings (SSSR count). The van der Waals surface area contributed by atoms with Crippen molar-refractivity contribution in [1.29, 1.82) is 0 Å². The van der Waals surface area contributed by atoms with Crippen LogP contribution in [0.15, 0.2) is 120 Å². The van der Waals surface area contributed by atoms with Gasteiger partial charge >= 0.3 is 0 Å². The number of hydrazone groups is 1. The topological polar surface area (TPSA) is 41.9 Å².